The van der Waals surface area contributed by atoms with Crippen molar-refractivity contribution in [3.63, 3.8) is 0 Å². The van der Waals surface area contributed by atoms with Crippen LogP contribution in [-0.2, 0) is 11.3 Å². The predicted octanol–water partition coefficient (Wildman–Crippen LogP) is 1.99. The van der Waals surface area contributed by atoms with E-state index in [4.69, 9.17) is 4.74 Å². The van der Waals surface area contributed by atoms with Crippen molar-refractivity contribution in [3.8, 4) is 11.6 Å². The summed E-state index contributed by atoms with van der Waals surface area (Å²) in [7, 11) is 5.42. The van der Waals surface area contributed by atoms with Crippen molar-refractivity contribution in [1.82, 2.24) is 34.4 Å². The number of hydrogen-bond acceptors (Lipinski definition) is 7. The first-order valence-corrected chi connectivity index (χ1v) is 12.3. The summed E-state index contributed by atoms with van der Waals surface area (Å²) >= 11 is 0. The molecule has 4 aromatic rings. The average Bonchev–Trinajstić information content (AvgIpc) is 3.59. The lowest BCUT2D eigenvalue weighted by molar-refractivity contribution is -0.127. The SMILES string of the molecule is COc1cnc(-n2ccc(CN(C)C)n2)c2[nH]cc(C(=O)C(=O)N3CCN(C(=O)c4ccccc4)CC3)c12. The highest BCUT2D eigenvalue weighted by atomic mass is 16.5. The van der Waals surface area contributed by atoms with Crippen molar-refractivity contribution < 1.29 is 19.1 Å². The van der Waals surface area contributed by atoms with Crippen LogP contribution in [0.4, 0.5) is 0 Å². The van der Waals surface area contributed by atoms with E-state index in [9.17, 15) is 14.4 Å². The third-order valence-electron chi connectivity index (χ3n) is 6.53. The number of hydrogen-bond donors (Lipinski definition) is 1. The molecule has 0 unspecified atom stereocenters. The molecule has 0 radical (unpaired) electrons. The Labute approximate surface area is 219 Å². The summed E-state index contributed by atoms with van der Waals surface area (Å²) in [6.45, 7) is 1.92. The molecule has 1 fully saturated rings. The lowest BCUT2D eigenvalue weighted by atomic mass is 10.1. The number of rotatable bonds is 7. The van der Waals surface area contributed by atoms with Gasteiger partial charge >= 0.3 is 0 Å². The fraction of sp³-hybridized carbons (Fsp3) is 0.296. The minimum absolute atomic E-state index is 0.0854. The Kier molecular flexibility index (Phi) is 6.93. The normalized spacial score (nSPS) is 13.8. The van der Waals surface area contributed by atoms with E-state index in [1.165, 1.54) is 24.4 Å². The Morgan fingerprint density at radius 1 is 1.03 bits per heavy atom. The standard InChI is InChI=1S/C27H29N7O4/c1-31(2)17-19-9-10-34(30-19)25-23-22(21(38-3)16-29-25)20(15-28-23)24(35)27(37)33-13-11-32(12-14-33)26(36)18-7-5-4-6-8-18/h4-10,15-16,28H,11-14,17H2,1-3H3. The molecule has 1 aliphatic heterocycles. The van der Waals surface area contributed by atoms with E-state index in [-0.39, 0.29) is 24.6 Å². The maximum atomic E-state index is 13.4. The summed E-state index contributed by atoms with van der Waals surface area (Å²) in [4.78, 5) is 52.2. The number of carbonyl (C=O) groups is 3. The van der Waals surface area contributed by atoms with Gasteiger partial charge < -0.3 is 24.4 Å². The van der Waals surface area contributed by atoms with E-state index in [0.717, 1.165) is 5.69 Å². The van der Waals surface area contributed by atoms with Gasteiger partial charge in [-0.05, 0) is 32.3 Å². The second-order valence-electron chi connectivity index (χ2n) is 9.37. The Morgan fingerprint density at radius 2 is 1.74 bits per heavy atom. The van der Waals surface area contributed by atoms with Gasteiger partial charge in [0.25, 0.3) is 17.6 Å². The lowest BCUT2D eigenvalue weighted by Crippen LogP contribution is -2.52. The van der Waals surface area contributed by atoms with E-state index in [2.05, 4.69) is 15.1 Å². The number of methoxy groups -OCH3 is 1. The summed E-state index contributed by atoms with van der Waals surface area (Å²) in [5, 5.41) is 5.06. The summed E-state index contributed by atoms with van der Waals surface area (Å²) in [5.74, 6) is -0.489. The Bertz CT molecular complexity index is 1480. The highest BCUT2D eigenvalue weighted by Crippen LogP contribution is 2.32. The van der Waals surface area contributed by atoms with Crippen LogP contribution >= 0.6 is 0 Å². The summed E-state index contributed by atoms with van der Waals surface area (Å²) < 4.78 is 7.13. The molecule has 1 N–H and O–H groups in total. The number of benzene rings is 1. The number of nitrogens with zero attached hydrogens (tertiary/aromatic N) is 6. The smallest absolute Gasteiger partial charge is 0.295 e. The van der Waals surface area contributed by atoms with Gasteiger partial charge in [-0.1, -0.05) is 18.2 Å². The topological polar surface area (TPSA) is 117 Å². The van der Waals surface area contributed by atoms with Gasteiger partial charge in [0.15, 0.2) is 5.82 Å². The first kappa shape index (κ1) is 25.2. The first-order valence-electron chi connectivity index (χ1n) is 12.3. The molecule has 0 bridgehead atoms. The van der Waals surface area contributed by atoms with Crippen molar-refractivity contribution >= 4 is 28.5 Å². The molecule has 2 amide bonds. The van der Waals surface area contributed by atoms with Crippen LogP contribution in [0.5, 0.6) is 5.75 Å². The van der Waals surface area contributed by atoms with Crippen molar-refractivity contribution in [3.05, 3.63) is 71.8 Å². The maximum absolute atomic E-state index is 13.4. The van der Waals surface area contributed by atoms with Crippen LogP contribution in [-0.4, -0.2) is 99.4 Å². The van der Waals surface area contributed by atoms with Gasteiger partial charge in [-0.15, -0.1) is 0 Å². The first-order chi connectivity index (χ1) is 18.4. The summed E-state index contributed by atoms with van der Waals surface area (Å²) in [6.07, 6.45) is 4.84. The molecule has 3 aromatic heterocycles. The van der Waals surface area contributed by atoms with Crippen LogP contribution in [0.2, 0.25) is 0 Å². The third-order valence-corrected chi connectivity index (χ3v) is 6.53. The van der Waals surface area contributed by atoms with E-state index < -0.39 is 11.7 Å². The molecular formula is C27H29N7O4. The predicted molar refractivity (Wildman–Crippen MR) is 140 cm³/mol. The zero-order valence-corrected chi connectivity index (χ0v) is 21.5. The number of Topliss-reactive ketones (excluding diaryl/α,β-unsaturated/α-hetero) is 1. The number of aromatic nitrogens is 4. The van der Waals surface area contributed by atoms with Gasteiger partial charge in [-0.25, -0.2) is 9.67 Å². The van der Waals surface area contributed by atoms with Crippen molar-refractivity contribution in [2.45, 2.75) is 6.54 Å². The van der Waals surface area contributed by atoms with Crippen LogP contribution < -0.4 is 4.74 Å². The maximum Gasteiger partial charge on any atom is 0.295 e. The second kappa shape index (κ2) is 10.5. The molecule has 1 aliphatic rings. The van der Waals surface area contributed by atoms with E-state index in [1.807, 2.05) is 43.3 Å². The molecule has 4 heterocycles. The molecule has 1 aromatic carbocycles. The van der Waals surface area contributed by atoms with E-state index >= 15 is 0 Å². The number of fused-ring (bicyclic) bond motifs is 1. The summed E-state index contributed by atoms with van der Waals surface area (Å²) in [6, 6.07) is 10.9. The molecule has 0 atom stereocenters. The van der Waals surface area contributed by atoms with Crippen LogP contribution in [0.1, 0.15) is 26.4 Å². The number of amides is 2. The highest BCUT2D eigenvalue weighted by molar-refractivity contribution is 6.45. The number of pyridine rings is 1. The highest BCUT2D eigenvalue weighted by Gasteiger charge is 2.31. The molecule has 11 nitrogen and oxygen atoms in total. The monoisotopic (exact) mass is 515 g/mol. The largest absolute Gasteiger partial charge is 0.494 e. The minimum atomic E-state index is -0.650. The van der Waals surface area contributed by atoms with Gasteiger partial charge in [0, 0.05) is 50.7 Å². The van der Waals surface area contributed by atoms with E-state index in [0.29, 0.717) is 47.7 Å². The minimum Gasteiger partial charge on any atom is -0.494 e. The fourth-order valence-electron chi connectivity index (χ4n) is 4.63. The van der Waals surface area contributed by atoms with Gasteiger partial charge in [0.05, 0.1) is 35.5 Å². The van der Waals surface area contributed by atoms with Crippen molar-refractivity contribution in [2.24, 2.45) is 0 Å². The number of piperazine rings is 1. The molecular weight excluding hydrogens is 486 g/mol. The molecule has 11 heteroatoms. The van der Waals surface area contributed by atoms with Gasteiger partial charge in [0.1, 0.15) is 5.75 Å². The molecule has 0 saturated carbocycles. The van der Waals surface area contributed by atoms with Crippen molar-refractivity contribution in [2.75, 3.05) is 47.4 Å². The zero-order chi connectivity index (χ0) is 26.8. The number of nitrogens with one attached hydrogen (secondary N) is 1. The third kappa shape index (κ3) is 4.75. The Hall–Kier alpha value is -4.51. The van der Waals surface area contributed by atoms with Crippen LogP contribution in [0.25, 0.3) is 16.7 Å². The second-order valence-corrected chi connectivity index (χ2v) is 9.37. The molecule has 5 rings (SSSR count). The average molecular weight is 516 g/mol. The van der Waals surface area contributed by atoms with Crippen LogP contribution in [0.15, 0.2) is 55.0 Å². The number of H-pyrrole nitrogens is 1. The van der Waals surface area contributed by atoms with Gasteiger partial charge in [0.2, 0.25) is 0 Å². The number of carbonyl (C=O) groups excluding carboxylic acids is 3. The number of aromatic amines is 1. The van der Waals surface area contributed by atoms with Crippen LogP contribution in [0, 0.1) is 0 Å². The Morgan fingerprint density at radius 3 is 2.42 bits per heavy atom. The molecule has 0 spiro atoms. The zero-order valence-electron chi connectivity index (χ0n) is 21.5. The van der Waals surface area contributed by atoms with Gasteiger partial charge in [-0.2, -0.15) is 5.10 Å². The van der Waals surface area contributed by atoms with Gasteiger partial charge in [-0.3, -0.25) is 14.4 Å². The fourth-order valence-corrected chi connectivity index (χ4v) is 4.63. The molecule has 38 heavy (non-hydrogen) atoms. The van der Waals surface area contributed by atoms with E-state index in [1.54, 1.807) is 27.9 Å². The number of ether oxygens (including phenoxy) is 1. The quantitative estimate of drug-likeness (QED) is 0.296. The Balaban J connectivity index is 1.36. The van der Waals surface area contributed by atoms with Crippen LogP contribution in [0.3, 0.4) is 0 Å². The lowest BCUT2D eigenvalue weighted by Gasteiger charge is -2.34. The molecule has 196 valence electrons. The number of ketones is 1. The molecule has 0 aliphatic carbocycles. The van der Waals surface area contributed by atoms with Crippen molar-refractivity contribution in [1.29, 1.82) is 0 Å². The molecule has 1 saturated heterocycles. The summed E-state index contributed by atoms with van der Waals surface area (Å²) in [5.41, 5.74) is 2.21.